The molecule has 25 heavy (non-hydrogen) atoms. The SMILES string of the molecule is COc1ccc(Cl)c(NC(=O)C(=O)NCc2ccc(N(C)C)cc2)c1. The molecule has 0 spiro atoms. The predicted molar refractivity (Wildman–Crippen MR) is 99.2 cm³/mol. The highest BCUT2D eigenvalue weighted by Crippen LogP contribution is 2.26. The summed E-state index contributed by atoms with van der Waals surface area (Å²) in [7, 11) is 5.40. The van der Waals surface area contributed by atoms with Crippen LogP contribution in [0.15, 0.2) is 42.5 Å². The highest BCUT2D eigenvalue weighted by atomic mass is 35.5. The van der Waals surface area contributed by atoms with Gasteiger partial charge in [-0.25, -0.2) is 0 Å². The predicted octanol–water partition coefficient (Wildman–Crippen LogP) is 2.67. The smallest absolute Gasteiger partial charge is 0.313 e. The second-order valence-corrected chi connectivity index (χ2v) is 5.95. The van der Waals surface area contributed by atoms with E-state index in [0.29, 0.717) is 16.5 Å². The summed E-state index contributed by atoms with van der Waals surface area (Å²) in [5.41, 5.74) is 2.27. The second-order valence-electron chi connectivity index (χ2n) is 5.54. The van der Waals surface area contributed by atoms with Gasteiger partial charge in [-0.2, -0.15) is 0 Å². The third kappa shape index (κ3) is 5.12. The molecule has 0 bridgehead atoms. The molecule has 2 aromatic rings. The molecule has 2 rings (SSSR count). The van der Waals surface area contributed by atoms with Gasteiger partial charge in [-0.15, -0.1) is 0 Å². The van der Waals surface area contributed by atoms with Crippen molar-refractivity contribution >= 4 is 34.8 Å². The van der Waals surface area contributed by atoms with E-state index in [1.54, 1.807) is 18.2 Å². The first-order chi connectivity index (χ1) is 11.9. The van der Waals surface area contributed by atoms with E-state index in [1.807, 2.05) is 43.3 Å². The number of carbonyl (C=O) groups is 2. The molecule has 7 heteroatoms. The molecule has 0 heterocycles. The van der Waals surface area contributed by atoms with Crippen LogP contribution in [0.25, 0.3) is 0 Å². The van der Waals surface area contributed by atoms with Crippen molar-refractivity contribution in [1.29, 1.82) is 0 Å². The Morgan fingerprint density at radius 3 is 2.36 bits per heavy atom. The average molecular weight is 362 g/mol. The molecule has 0 aliphatic rings. The number of carbonyl (C=O) groups excluding carboxylic acids is 2. The Labute approximate surface area is 151 Å². The van der Waals surface area contributed by atoms with E-state index < -0.39 is 11.8 Å². The molecule has 2 amide bonds. The third-order valence-electron chi connectivity index (χ3n) is 3.53. The quantitative estimate of drug-likeness (QED) is 0.803. The van der Waals surface area contributed by atoms with E-state index >= 15 is 0 Å². The minimum Gasteiger partial charge on any atom is -0.497 e. The van der Waals surface area contributed by atoms with E-state index in [2.05, 4.69) is 10.6 Å². The summed E-state index contributed by atoms with van der Waals surface area (Å²) in [4.78, 5) is 25.9. The van der Waals surface area contributed by atoms with Gasteiger partial charge in [0.2, 0.25) is 0 Å². The Kier molecular flexibility index (Phi) is 6.25. The molecule has 2 N–H and O–H groups in total. The second kappa shape index (κ2) is 8.39. The number of hydrogen-bond donors (Lipinski definition) is 2. The molecule has 0 unspecified atom stereocenters. The summed E-state index contributed by atoms with van der Waals surface area (Å²) in [6, 6.07) is 12.5. The molecule has 0 saturated heterocycles. The lowest BCUT2D eigenvalue weighted by molar-refractivity contribution is -0.136. The van der Waals surface area contributed by atoms with Crippen LogP contribution in [-0.4, -0.2) is 33.0 Å². The topological polar surface area (TPSA) is 70.7 Å². The van der Waals surface area contributed by atoms with Crippen LogP contribution in [-0.2, 0) is 16.1 Å². The molecule has 132 valence electrons. The molecule has 0 radical (unpaired) electrons. The van der Waals surface area contributed by atoms with Crippen LogP contribution in [0.3, 0.4) is 0 Å². The third-order valence-corrected chi connectivity index (χ3v) is 3.86. The fourth-order valence-electron chi connectivity index (χ4n) is 2.08. The highest BCUT2D eigenvalue weighted by Gasteiger charge is 2.15. The normalized spacial score (nSPS) is 10.1. The lowest BCUT2D eigenvalue weighted by atomic mass is 10.2. The maximum Gasteiger partial charge on any atom is 0.313 e. The number of rotatable bonds is 5. The largest absolute Gasteiger partial charge is 0.497 e. The van der Waals surface area contributed by atoms with Gasteiger partial charge in [0, 0.05) is 32.4 Å². The molecule has 0 aromatic heterocycles. The van der Waals surface area contributed by atoms with Gasteiger partial charge >= 0.3 is 11.8 Å². The number of benzene rings is 2. The number of nitrogens with one attached hydrogen (secondary N) is 2. The van der Waals surface area contributed by atoms with E-state index in [4.69, 9.17) is 16.3 Å². The number of amides is 2. The van der Waals surface area contributed by atoms with Crippen molar-refractivity contribution in [3.63, 3.8) is 0 Å². The zero-order valence-corrected chi connectivity index (χ0v) is 15.1. The molecule has 6 nitrogen and oxygen atoms in total. The number of ether oxygens (including phenoxy) is 1. The van der Waals surface area contributed by atoms with Gasteiger partial charge in [0.1, 0.15) is 5.75 Å². The van der Waals surface area contributed by atoms with Gasteiger partial charge in [0.05, 0.1) is 17.8 Å². The van der Waals surface area contributed by atoms with Crippen LogP contribution < -0.4 is 20.3 Å². The van der Waals surface area contributed by atoms with Crippen molar-refractivity contribution in [1.82, 2.24) is 5.32 Å². The van der Waals surface area contributed by atoms with Gasteiger partial charge in [0.15, 0.2) is 0 Å². The molecule has 0 saturated carbocycles. The lowest BCUT2D eigenvalue weighted by Gasteiger charge is -2.13. The van der Waals surface area contributed by atoms with E-state index in [9.17, 15) is 9.59 Å². The first-order valence-corrected chi connectivity index (χ1v) is 7.97. The Bertz CT molecular complexity index is 761. The number of nitrogens with zero attached hydrogens (tertiary/aromatic N) is 1. The molecular weight excluding hydrogens is 342 g/mol. The van der Waals surface area contributed by atoms with Gasteiger partial charge < -0.3 is 20.3 Å². The van der Waals surface area contributed by atoms with E-state index in [1.165, 1.54) is 7.11 Å². The van der Waals surface area contributed by atoms with Crippen molar-refractivity contribution in [3.05, 3.63) is 53.1 Å². The minimum absolute atomic E-state index is 0.256. The summed E-state index contributed by atoms with van der Waals surface area (Å²) in [6.07, 6.45) is 0. The first-order valence-electron chi connectivity index (χ1n) is 7.59. The monoisotopic (exact) mass is 361 g/mol. The summed E-state index contributed by atoms with van der Waals surface area (Å²) < 4.78 is 5.07. The molecule has 0 aliphatic carbocycles. The van der Waals surface area contributed by atoms with Gasteiger partial charge in [-0.1, -0.05) is 23.7 Å². The standard InChI is InChI=1S/C18H20ClN3O3/c1-22(2)13-6-4-12(5-7-13)11-20-17(23)18(24)21-16-10-14(25-3)8-9-15(16)19/h4-10H,11H2,1-3H3,(H,20,23)(H,21,24). The first kappa shape index (κ1) is 18.6. The van der Waals surface area contributed by atoms with Gasteiger partial charge in [-0.05, 0) is 29.8 Å². The van der Waals surface area contributed by atoms with Crippen molar-refractivity contribution in [2.45, 2.75) is 6.54 Å². The minimum atomic E-state index is -0.792. The Balaban J connectivity index is 1.93. The van der Waals surface area contributed by atoms with Crippen molar-refractivity contribution in [3.8, 4) is 5.75 Å². The fourth-order valence-corrected chi connectivity index (χ4v) is 2.25. The molecule has 0 aliphatic heterocycles. The van der Waals surface area contributed by atoms with Crippen LogP contribution in [0.1, 0.15) is 5.56 Å². The summed E-state index contributed by atoms with van der Waals surface area (Å²) >= 11 is 6.01. The molecule has 2 aromatic carbocycles. The zero-order valence-electron chi connectivity index (χ0n) is 14.3. The maximum absolute atomic E-state index is 12.0. The lowest BCUT2D eigenvalue weighted by Crippen LogP contribution is -2.35. The molecular formula is C18H20ClN3O3. The average Bonchev–Trinajstić information content (AvgIpc) is 2.61. The van der Waals surface area contributed by atoms with Crippen LogP contribution in [0.4, 0.5) is 11.4 Å². The number of hydrogen-bond acceptors (Lipinski definition) is 4. The number of halogens is 1. The zero-order chi connectivity index (χ0) is 18.4. The maximum atomic E-state index is 12.0. The Hall–Kier alpha value is -2.73. The summed E-state index contributed by atoms with van der Waals surface area (Å²) in [5, 5.41) is 5.37. The molecule has 0 atom stereocenters. The van der Waals surface area contributed by atoms with E-state index in [-0.39, 0.29) is 6.54 Å². The Morgan fingerprint density at radius 2 is 1.76 bits per heavy atom. The molecule has 0 fully saturated rings. The van der Waals surface area contributed by atoms with Crippen LogP contribution in [0.5, 0.6) is 5.75 Å². The van der Waals surface area contributed by atoms with E-state index in [0.717, 1.165) is 11.3 Å². The fraction of sp³-hybridized carbons (Fsp3) is 0.222. The van der Waals surface area contributed by atoms with Gasteiger partial charge in [0.25, 0.3) is 0 Å². The van der Waals surface area contributed by atoms with Crippen LogP contribution in [0.2, 0.25) is 5.02 Å². The van der Waals surface area contributed by atoms with Crippen LogP contribution in [0, 0.1) is 0 Å². The Morgan fingerprint density at radius 1 is 1.08 bits per heavy atom. The van der Waals surface area contributed by atoms with Gasteiger partial charge in [-0.3, -0.25) is 9.59 Å². The highest BCUT2D eigenvalue weighted by molar-refractivity contribution is 6.41. The number of anilines is 2. The van der Waals surface area contributed by atoms with Crippen LogP contribution >= 0.6 is 11.6 Å². The summed E-state index contributed by atoms with van der Waals surface area (Å²) in [5.74, 6) is -1.00. The van der Waals surface area contributed by atoms with Crippen molar-refractivity contribution in [2.24, 2.45) is 0 Å². The van der Waals surface area contributed by atoms with Crippen molar-refractivity contribution in [2.75, 3.05) is 31.4 Å². The number of methoxy groups -OCH3 is 1. The summed E-state index contributed by atoms with van der Waals surface area (Å²) in [6.45, 7) is 0.256. The van der Waals surface area contributed by atoms with Crippen molar-refractivity contribution < 1.29 is 14.3 Å².